The van der Waals surface area contributed by atoms with Crippen molar-refractivity contribution in [3.63, 3.8) is 0 Å². The number of halogens is 1. The van der Waals surface area contributed by atoms with Crippen molar-refractivity contribution in [3.8, 4) is 5.82 Å². The van der Waals surface area contributed by atoms with Crippen molar-refractivity contribution in [3.05, 3.63) is 29.0 Å². The summed E-state index contributed by atoms with van der Waals surface area (Å²) in [6.45, 7) is 0. The number of nitrogens with two attached hydrogens (primary N) is 1. The van der Waals surface area contributed by atoms with Gasteiger partial charge in [-0.25, -0.2) is 4.68 Å². The summed E-state index contributed by atoms with van der Waals surface area (Å²) in [5.41, 5.74) is 5.38. The number of anilines is 1. The van der Waals surface area contributed by atoms with Crippen molar-refractivity contribution < 1.29 is 2.74 Å². The summed E-state index contributed by atoms with van der Waals surface area (Å²) in [5.74, 6) is 0.649. The molecule has 2 aromatic heterocycles. The fourth-order valence-electron chi connectivity index (χ4n) is 0.794. The van der Waals surface area contributed by atoms with Crippen LogP contribution in [0.2, 0.25) is 0 Å². The van der Waals surface area contributed by atoms with Crippen molar-refractivity contribution >= 4 is 21.7 Å². The Morgan fingerprint density at radius 2 is 2.31 bits per heavy atom. The Kier molecular flexibility index (Phi) is 1.47. The van der Waals surface area contributed by atoms with Gasteiger partial charge in [-0.1, -0.05) is 0 Å². The van der Waals surface area contributed by atoms with E-state index in [1.54, 1.807) is 12.1 Å². The lowest BCUT2D eigenvalue weighted by Crippen LogP contribution is -2.01. The standard InChI is InChI=1S/C7H6BrN5/c8-5-3-10-13(4-5)7-2-1-6(9)11-12-7/h1-4H,(H2,9,11)/i3D,4D. The fraction of sp³-hybridized carbons (Fsp3) is 0. The van der Waals surface area contributed by atoms with Gasteiger partial charge in [0.2, 0.25) is 0 Å². The molecule has 2 N–H and O–H groups in total. The van der Waals surface area contributed by atoms with Crippen molar-refractivity contribution in [1.82, 2.24) is 20.0 Å². The van der Waals surface area contributed by atoms with Gasteiger partial charge < -0.3 is 5.73 Å². The average Bonchev–Trinajstić information content (AvgIpc) is 2.47. The van der Waals surface area contributed by atoms with E-state index in [4.69, 9.17) is 8.48 Å². The van der Waals surface area contributed by atoms with Crippen LogP contribution in [-0.2, 0) is 0 Å². The zero-order chi connectivity index (χ0) is 11.0. The lowest BCUT2D eigenvalue weighted by atomic mass is 10.5. The number of hydrogen-bond acceptors (Lipinski definition) is 4. The Morgan fingerprint density at radius 3 is 2.85 bits per heavy atom. The van der Waals surface area contributed by atoms with Gasteiger partial charge in [-0.3, -0.25) is 0 Å². The van der Waals surface area contributed by atoms with Crippen LogP contribution >= 0.6 is 15.9 Å². The maximum absolute atomic E-state index is 7.64. The molecule has 0 aliphatic carbocycles. The van der Waals surface area contributed by atoms with E-state index < -0.39 is 0 Å². The van der Waals surface area contributed by atoms with Gasteiger partial charge in [-0.15, -0.1) is 10.2 Å². The second kappa shape index (κ2) is 3.14. The Hall–Kier alpha value is -1.43. The average molecular weight is 242 g/mol. The summed E-state index contributed by atoms with van der Waals surface area (Å²) in [5, 5.41) is 11.2. The first-order chi connectivity index (χ1) is 7.09. The lowest BCUT2D eigenvalue weighted by Gasteiger charge is -1.97. The zero-order valence-electron chi connectivity index (χ0n) is 8.40. The Morgan fingerprint density at radius 1 is 1.46 bits per heavy atom. The molecule has 0 saturated heterocycles. The monoisotopic (exact) mass is 241 g/mol. The molecule has 6 heteroatoms. The van der Waals surface area contributed by atoms with Crippen LogP contribution in [0.5, 0.6) is 0 Å². The van der Waals surface area contributed by atoms with Gasteiger partial charge >= 0.3 is 0 Å². The van der Waals surface area contributed by atoms with Gasteiger partial charge in [-0.2, -0.15) is 5.10 Å². The number of nitrogen functional groups attached to an aromatic ring is 1. The first-order valence-electron chi connectivity index (χ1n) is 4.41. The van der Waals surface area contributed by atoms with Crippen LogP contribution in [0.15, 0.2) is 29.0 Å². The molecule has 0 spiro atoms. The second-order valence-corrected chi connectivity index (χ2v) is 3.06. The Bertz CT molecular complexity index is 495. The summed E-state index contributed by atoms with van der Waals surface area (Å²) in [7, 11) is 0. The summed E-state index contributed by atoms with van der Waals surface area (Å²) in [4.78, 5) is 0. The predicted octanol–water partition coefficient (Wildman–Crippen LogP) is 1.01. The van der Waals surface area contributed by atoms with E-state index in [0.717, 1.165) is 0 Å². The van der Waals surface area contributed by atoms with E-state index in [0.29, 0.717) is 16.1 Å². The van der Waals surface area contributed by atoms with Crippen molar-refractivity contribution in [1.29, 1.82) is 0 Å². The molecule has 2 heterocycles. The number of nitrogens with zero attached hydrogens (tertiary/aromatic N) is 4. The van der Waals surface area contributed by atoms with Crippen molar-refractivity contribution in [2.24, 2.45) is 0 Å². The highest BCUT2D eigenvalue weighted by Gasteiger charge is 1.99. The van der Waals surface area contributed by atoms with Gasteiger partial charge in [0, 0.05) is 6.17 Å². The van der Waals surface area contributed by atoms with Crippen molar-refractivity contribution in [2.75, 3.05) is 5.73 Å². The molecule has 66 valence electrons. The third-order valence-corrected chi connectivity index (χ3v) is 1.69. The van der Waals surface area contributed by atoms with E-state index in [1.165, 1.54) is 4.68 Å². The Labute approximate surface area is 85.5 Å². The molecule has 0 radical (unpaired) electrons. The number of aromatic nitrogens is 4. The molecule has 0 unspecified atom stereocenters. The zero-order valence-corrected chi connectivity index (χ0v) is 7.98. The quantitative estimate of drug-likeness (QED) is 0.810. The minimum atomic E-state index is -0.0152. The van der Waals surface area contributed by atoms with Crippen LogP contribution in [0, 0.1) is 0 Å². The van der Waals surface area contributed by atoms with Crippen LogP contribution < -0.4 is 5.73 Å². The molecule has 0 atom stereocenters. The van der Waals surface area contributed by atoms with E-state index >= 15 is 0 Å². The minimum absolute atomic E-state index is 0.0152. The smallest absolute Gasteiger partial charge is 0.175 e. The van der Waals surface area contributed by atoms with Gasteiger partial charge in [0.05, 0.1) is 13.4 Å². The van der Waals surface area contributed by atoms with Crippen molar-refractivity contribution in [2.45, 2.75) is 0 Å². The molecule has 0 aliphatic heterocycles. The maximum atomic E-state index is 7.64. The van der Waals surface area contributed by atoms with Gasteiger partial charge in [0.25, 0.3) is 0 Å². The molecule has 0 fully saturated rings. The molecule has 13 heavy (non-hydrogen) atoms. The highest BCUT2D eigenvalue weighted by Crippen LogP contribution is 2.10. The normalized spacial score (nSPS) is 12.4. The molecular weight excluding hydrogens is 234 g/mol. The molecule has 2 aromatic rings. The highest BCUT2D eigenvalue weighted by atomic mass is 79.9. The summed E-state index contributed by atoms with van der Waals surface area (Å²) in [6.07, 6.45) is 0.0395. The number of rotatable bonds is 1. The van der Waals surface area contributed by atoms with Gasteiger partial charge in [-0.05, 0) is 28.1 Å². The van der Waals surface area contributed by atoms with E-state index in [2.05, 4.69) is 31.2 Å². The number of hydrogen-bond donors (Lipinski definition) is 1. The second-order valence-electron chi connectivity index (χ2n) is 2.27. The lowest BCUT2D eigenvalue weighted by molar-refractivity contribution is 0.816. The molecule has 0 bridgehead atoms. The van der Waals surface area contributed by atoms with E-state index in [1.807, 2.05) is 0 Å². The van der Waals surface area contributed by atoms with E-state index in [-0.39, 0.29) is 12.3 Å². The molecule has 0 saturated carbocycles. The SMILES string of the molecule is [2H]c1nn(-c2ccc(N)nn2)c([2H])c1Br. The molecule has 0 amide bonds. The van der Waals surface area contributed by atoms with Gasteiger partial charge in [0.15, 0.2) is 5.82 Å². The summed E-state index contributed by atoms with van der Waals surface area (Å²) in [6, 6.07) is 3.14. The molecule has 0 aliphatic rings. The minimum Gasteiger partial charge on any atom is -0.382 e. The first-order valence-corrected chi connectivity index (χ1v) is 4.20. The van der Waals surface area contributed by atoms with Gasteiger partial charge in [0.1, 0.15) is 5.82 Å². The molecule has 0 aromatic carbocycles. The molecule has 5 nitrogen and oxygen atoms in total. The topological polar surface area (TPSA) is 69.6 Å². The van der Waals surface area contributed by atoms with Crippen LogP contribution in [-0.4, -0.2) is 20.0 Å². The molecular formula is C7H6BrN5. The van der Waals surface area contributed by atoms with E-state index in [9.17, 15) is 0 Å². The Balaban J connectivity index is 2.54. The van der Waals surface area contributed by atoms with Crippen LogP contribution in [0.4, 0.5) is 5.82 Å². The van der Waals surface area contributed by atoms with Crippen LogP contribution in [0.25, 0.3) is 5.82 Å². The molecule has 2 rings (SSSR count). The van der Waals surface area contributed by atoms with Crippen LogP contribution in [0.1, 0.15) is 2.74 Å². The highest BCUT2D eigenvalue weighted by molar-refractivity contribution is 9.10. The predicted molar refractivity (Wildman–Crippen MR) is 51.3 cm³/mol. The first kappa shape index (κ1) is 6.09. The third-order valence-electron chi connectivity index (χ3n) is 1.34. The van der Waals surface area contributed by atoms with Crippen LogP contribution in [0.3, 0.4) is 0 Å². The largest absolute Gasteiger partial charge is 0.382 e. The summed E-state index contributed by atoms with van der Waals surface area (Å²) >= 11 is 3.08. The third kappa shape index (κ3) is 1.67. The summed E-state index contributed by atoms with van der Waals surface area (Å²) < 4.78 is 16.6. The fourth-order valence-corrected chi connectivity index (χ4v) is 1.04. The maximum Gasteiger partial charge on any atom is 0.175 e.